The van der Waals surface area contributed by atoms with Gasteiger partial charge < -0.3 is 15.9 Å². The quantitative estimate of drug-likeness (QED) is 0.380. The summed E-state index contributed by atoms with van der Waals surface area (Å²) in [6.45, 7) is 6.73. The maximum absolute atomic E-state index is 8.89. The van der Waals surface area contributed by atoms with Gasteiger partial charge in [-0.05, 0) is 12.8 Å². The molecule has 0 amide bonds. The minimum absolute atomic E-state index is 0.0517. The van der Waals surface area contributed by atoms with Crippen molar-refractivity contribution in [3.8, 4) is 0 Å². The molecule has 0 fully saturated rings. The van der Waals surface area contributed by atoms with Gasteiger partial charge in [0.2, 0.25) is 0 Å². The molecule has 0 aromatic rings. The molecule has 0 radical (unpaired) electrons. The summed E-state index contributed by atoms with van der Waals surface area (Å²) in [5.74, 6) is 0. The van der Waals surface area contributed by atoms with Crippen molar-refractivity contribution in [2.75, 3.05) is 26.3 Å². The van der Waals surface area contributed by atoms with Gasteiger partial charge >= 0.3 is 0 Å². The summed E-state index contributed by atoms with van der Waals surface area (Å²) < 4.78 is 0. The molecule has 0 heterocycles. The third-order valence-corrected chi connectivity index (χ3v) is 2.48. The molecule has 0 saturated carbocycles. The molecule has 1 atom stereocenters. The first kappa shape index (κ1) is 13.6. The van der Waals surface area contributed by atoms with Crippen molar-refractivity contribution < 1.29 is 10.2 Å². The van der Waals surface area contributed by atoms with E-state index in [2.05, 4.69) is 6.58 Å². The van der Waals surface area contributed by atoms with E-state index in [1.165, 1.54) is 0 Å². The second kappa shape index (κ2) is 6.95. The lowest BCUT2D eigenvalue weighted by Crippen LogP contribution is -2.57. The molecule has 0 aromatic heterocycles. The van der Waals surface area contributed by atoms with Crippen molar-refractivity contribution in [3.05, 3.63) is 12.7 Å². The third kappa shape index (κ3) is 3.75. The summed E-state index contributed by atoms with van der Waals surface area (Å²) in [4.78, 5) is 1.90. The van der Waals surface area contributed by atoms with Crippen LogP contribution in [0.15, 0.2) is 12.7 Å². The molecule has 0 aromatic carbocycles. The van der Waals surface area contributed by atoms with E-state index in [1.807, 2.05) is 11.8 Å². The Kier molecular flexibility index (Phi) is 6.74. The first-order valence-electron chi connectivity index (χ1n) is 5.01. The van der Waals surface area contributed by atoms with Gasteiger partial charge in [-0.25, -0.2) is 0 Å². The summed E-state index contributed by atoms with van der Waals surface area (Å²) in [5.41, 5.74) is 5.66. The molecule has 0 bridgehead atoms. The Labute approximate surface area is 86.0 Å². The monoisotopic (exact) mass is 202 g/mol. The molecule has 4 nitrogen and oxygen atoms in total. The van der Waals surface area contributed by atoms with Gasteiger partial charge in [-0.2, -0.15) is 0 Å². The molecular formula is C10H22N2O2. The molecular weight excluding hydrogens is 180 g/mol. The Morgan fingerprint density at radius 3 is 2.14 bits per heavy atom. The predicted octanol–water partition coefficient (Wildman–Crippen LogP) is -0.0859. The van der Waals surface area contributed by atoms with Crippen LogP contribution in [0.2, 0.25) is 0 Å². The highest BCUT2D eigenvalue weighted by molar-refractivity contribution is 4.90. The smallest absolute Gasteiger partial charge is 0.0721 e. The van der Waals surface area contributed by atoms with Crippen LogP contribution >= 0.6 is 0 Å². The lowest BCUT2D eigenvalue weighted by molar-refractivity contribution is 0.0517. The Morgan fingerprint density at radius 1 is 1.36 bits per heavy atom. The van der Waals surface area contributed by atoms with E-state index >= 15 is 0 Å². The van der Waals surface area contributed by atoms with Gasteiger partial charge in [-0.15, -0.1) is 6.58 Å². The zero-order valence-corrected chi connectivity index (χ0v) is 8.95. The van der Waals surface area contributed by atoms with Gasteiger partial charge in [0.1, 0.15) is 0 Å². The highest BCUT2D eigenvalue weighted by atomic mass is 16.3. The average molecular weight is 202 g/mol. The van der Waals surface area contributed by atoms with Gasteiger partial charge in [0.05, 0.1) is 18.9 Å². The third-order valence-electron chi connectivity index (χ3n) is 2.48. The van der Waals surface area contributed by atoms with Crippen molar-refractivity contribution in [1.29, 1.82) is 0 Å². The van der Waals surface area contributed by atoms with Gasteiger partial charge in [0, 0.05) is 13.1 Å². The summed E-state index contributed by atoms with van der Waals surface area (Å²) >= 11 is 0. The molecule has 4 N–H and O–H groups in total. The Balaban J connectivity index is 4.44. The van der Waals surface area contributed by atoms with Crippen LogP contribution in [0, 0.1) is 0 Å². The summed E-state index contributed by atoms with van der Waals surface area (Å²) in [7, 11) is 0. The largest absolute Gasteiger partial charge is 0.395 e. The van der Waals surface area contributed by atoms with Crippen LogP contribution in [-0.2, 0) is 0 Å². The van der Waals surface area contributed by atoms with Crippen molar-refractivity contribution in [2.45, 2.75) is 25.4 Å². The highest BCUT2D eigenvalue weighted by Crippen LogP contribution is 2.17. The zero-order valence-electron chi connectivity index (χ0n) is 8.95. The molecule has 0 aliphatic carbocycles. The highest BCUT2D eigenvalue weighted by Gasteiger charge is 2.28. The van der Waals surface area contributed by atoms with E-state index in [0.717, 1.165) is 6.42 Å². The first-order chi connectivity index (χ1) is 6.64. The maximum atomic E-state index is 8.89. The standard InChI is InChI=1S/C10H22N2O2/c1-3-5-10(11,4-2)12(6-8-13)7-9-14/h3,13-14H,1,4-9,11H2,2H3. The molecule has 14 heavy (non-hydrogen) atoms. The minimum atomic E-state index is -0.493. The fourth-order valence-electron chi connectivity index (χ4n) is 1.55. The predicted molar refractivity (Wildman–Crippen MR) is 57.8 cm³/mol. The van der Waals surface area contributed by atoms with Crippen LogP contribution in [0.25, 0.3) is 0 Å². The van der Waals surface area contributed by atoms with Crippen LogP contribution in [0.5, 0.6) is 0 Å². The number of hydrogen-bond acceptors (Lipinski definition) is 4. The van der Waals surface area contributed by atoms with E-state index in [-0.39, 0.29) is 13.2 Å². The summed E-state index contributed by atoms with van der Waals surface area (Å²) in [5, 5.41) is 17.8. The van der Waals surface area contributed by atoms with Crippen molar-refractivity contribution in [1.82, 2.24) is 4.90 Å². The molecule has 0 rings (SSSR count). The van der Waals surface area contributed by atoms with Gasteiger partial charge in [0.15, 0.2) is 0 Å². The van der Waals surface area contributed by atoms with E-state index in [4.69, 9.17) is 15.9 Å². The van der Waals surface area contributed by atoms with Crippen molar-refractivity contribution in [2.24, 2.45) is 5.73 Å². The molecule has 0 saturated heterocycles. The van der Waals surface area contributed by atoms with Crippen LogP contribution < -0.4 is 5.73 Å². The zero-order chi connectivity index (χ0) is 11.0. The molecule has 0 spiro atoms. The van der Waals surface area contributed by atoms with Crippen molar-refractivity contribution in [3.63, 3.8) is 0 Å². The second-order valence-corrected chi connectivity index (χ2v) is 3.38. The van der Waals surface area contributed by atoms with Gasteiger partial charge in [-0.1, -0.05) is 13.0 Å². The number of aliphatic hydroxyl groups is 2. The van der Waals surface area contributed by atoms with Gasteiger partial charge in [-0.3, -0.25) is 4.90 Å². The fraction of sp³-hybridized carbons (Fsp3) is 0.800. The first-order valence-corrected chi connectivity index (χ1v) is 5.01. The Hall–Kier alpha value is -0.420. The number of aliphatic hydroxyl groups excluding tert-OH is 2. The number of nitrogens with zero attached hydrogens (tertiary/aromatic N) is 1. The SMILES string of the molecule is C=CCC(N)(CC)N(CCO)CCO. The Bertz CT molecular complexity index is 158. The average Bonchev–Trinajstić information content (AvgIpc) is 2.18. The number of hydrogen-bond donors (Lipinski definition) is 3. The lowest BCUT2D eigenvalue weighted by Gasteiger charge is -2.39. The number of rotatable bonds is 8. The van der Waals surface area contributed by atoms with E-state index in [1.54, 1.807) is 6.08 Å². The molecule has 1 unspecified atom stereocenters. The van der Waals surface area contributed by atoms with Crippen LogP contribution in [-0.4, -0.2) is 47.1 Å². The normalized spacial score (nSPS) is 15.5. The topological polar surface area (TPSA) is 69.7 Å². The lowest BCUT2D eigenvalue weighted by atomic mass is 10.0. The summed E-state index contributed by atoms with van der Waals surface area (Å²) in [6.07, 6.45) is 3.19. The maximum Gasteiger partial charge on any atom is 0.0721 e. The molecule has 84 valence electrons. The van der Waals surface area contributed by atoms with Crippen LogP contribution in [0.1, 0.15) is 19.8 Å². The minimum Gasteiger partial charge on any atom is -0.395 e. The second-order valence-electron chi connectivity index (χ2n) is 3.38. The van der Waals surface area contributed by atoms with E-state index in [9.17, 15) is 0 Å². The molecule has 0 aliphatic heterocycles. The fourth-order valence-corrected chi connectivity index (χ4v) is 1.55. The van der Waals surface area contributed by atoms with E-state index in [0.29, 0.717) is 19.5 Å². The number of nitrogens with two attached hydrogens (primary N) is 1. The molecule has 4 heteroatoms. The molecule has 0 aliphatic rings. The van der Waals surface area contributed by atoms with E-state index < -0.39 is 5.66 Å². The van der Waals surface area contributed by atoms with Crippen LogP contribution in [0.3, 0.4) is 0 Å². The Morgan fingerprint density at radius 2 is 1.86 bits per heavy atom. The van der Waals surface area contributed by atoms with Crippen molar-refractivity contribution >= 4 is 0 Å². The summed E-state index contributed by atoms with van der Waals surface area (Å²) in [6, 6.07) is 0. The van der Waals surface area contributed by atoms with Gasteiger partial charge in [0.25, 0.3) is 0 Å². The van der Waals surface area contributed by atoms with Crippen LogP contribution in [0.4, 0.5) is 0 Å².